The second kappa shape index (κ2) is 7.34. The molecular formula is C16H15Cl2NO2. The van der Waals surface area contributed by atoms with Crippen LogP contribution in [0.5, 0.6) is 5.75 Å². The van der Waals surface area contributed by atoms with E-state index in [2.05, 4.69) is 5.32 Å². The Kier molecular flexibility index (Phi) is 5.48. The smallest absolute Gasteiger partial charge is 0.251 e. The molecule has 0 unspecified atom stereocenters. The van der Waals surface area contributed by atoms with Crippen molar-refractivity contribution in [1.82, 2.24) is 5.32 Å². The topological polar surface area (TPSA) is 38.3 Å². The minimum absolute atomic E-state index is 0.178. The Morgan fingerprint density at radius 3 is 2.71 bits per heavy atom. The molecule has 0 bridgehead atoms. The Bertz CT molecular complexity index is 644. The minimum atomic E-state index is -0.178. The first kappa shape index (κ1) is 15.7. The normalized spacial score (nSPS) is 10.2. The van der Waals surface area contributed by atoms with Gasteiger partial charge in [-0.25, -0.2) is 0 Å². The molecule has 0 aliphatic heterocycles. The lowest BCUT2D eigenvalue weighted by Gasteiger charge is -2.09. The summed E-state index contributed by atoms with van der Waals surface area (Å²) >= 11 is 11.9. The summed E-state index contributed by atoms with van der Waals surface area (Å²) < 4.78 is 5.53. The molecule has 5 heteroatoms. The summed E-state index contributed by atoms with van der Waals surface area (Å²) in [4.78, 5) is 11.9. The van der Waals surface area contributed by atoms with E-state index >= 15 is 0 Å². The average molecular weight is 324 g/mol. The number of rotatable bonds is 5. The number of halogens is 2. The molecule has 2 rings (SSSR count). The second-order valence-electron chi connectivity index (χ2n) is 4.53. The van der Waals surface area contributed by atoms with E-state index in [9.17, 15) is 4.79 Å². The fraction of sp³-hybridized carbons (Fsp3) is 0.188. The quantitative estimate of drug-likeness (QED) is 0.841. The van der Waals surface area contributed by atoms with Crippen LogP contribution in [0.15, 0.2) is 42.5 Å². The standard InChI is InChI=1S/C16H15Cl2NO2/c1-11-5-6-14(10-15(11)18)21-8-7-19-16(20)12-3-2-4-13(17)9-12/h2-6,9-10H,7-8H2,1H3,(H,19,20). The second-order valence-corrected chi connectivity index (χ2v) is 5.37. The van der Waals surface area contributed by atoms with Crippen molar-refractivity contribution >= 4 is 29.1 Å². The molecule has 0 saturated heterocycles. The number of hydrogen-bond donors (Lipinski definition) is 1. The molecule has 2 aromatic carbocycles. The molecule has 110 valence electrons. The predicted octanol–water partition coefficient (Wildman–Crippen LogP) is 4.11. The van der Waals surface area contributed by atoms with Crippen LogP contribution in [0.1, 0.15) is 15.9 Å². The lowest BCUT2D eigenvalue weighted by molar-refractivity contribution is 0.0947. The lowest BCUT2D eigenvalue weighted by atomic mass is 10.2. The molecule has 0 atom stereocenters. The lowest BCUT2D eigenvalue weighted by Crippen LogP contribution is -2.28. The van der Waals surface area contributed by atoms with Crippen LogP contribution in [0.2, 0.25) is 10.0 Å². The van der Waals surface area contributed by atoms with Crippen LogP contribution < -0.4 is 10.1 Å². The molecule has 1 amide bonds. The van der Waals surface area contributed by atoms with Gasteiger partial charge < -0.3 is 10.1 Å². The van der Waals surface area contributed by atoms with Crippen LogP contribution in [0, 0.1) is 6.92 Å². The Labute approximate surface area is 133 Å². The van der Waals surface area contributed by atoms with Gasteiger partial charge in [0.2, 0.25) is 0 Å². The summed E-state index contributed by atoms with van der Waals surface area (Å²) in [6, 6.07) is 12.3. The summed E-state index contributed by atoms with van der Waals surface area (Å²) in [5.74, 6) is 0.505. The van der Waals surface area contributed by atoms with E-state index in [1.54, 1.807) is 30.3 Å². The third-order valence-electron chi connectivity index (χ3n) is 2.89. The van der Waals surface area contributed by atoms with Crippen LogP contribution in [0.25, 0.3) is 0 Å². The van der Waals surface area contributed by atoms with E-state index < -0.39 is 0 Å². The van der Waals surface area contributed by atoms with Gasteiger partial charge in [0.05, 0.1) is 6.54 Å². The molecule has 21 heavy (non-hydrogen) atoms. The highest BCUT2D eigenvalue weighted by molar-refractivity contribution is 6.31. The van der Waals surface area contributed by atoms with E-state index in [-0.39, 0.29) is 5.91 Å². The van der Waals surface area contributed by atoms with E-state index in [0.717, 1.165) is 5.56 Å². The van der Waals surface area contributed by atoms with Gasteiger partial charge in [0, 0.05) is 15.6 Å². The van der Waals surface area contributed by atoms with Gasteiger partial charge in [0.1, 0.15) is 12.4 Å². The summed E-state index contributed by atoms with van der Waals surface area (Å²) in [6.45, 7) is 2.69. The molecule has 0 fully saturated rings. The van der Waals surface area contributed by atoms with E-state index in [1.165, 1.54) is 0 Å². The SMILES string of the molecule is Cc1ccc(OCCNC(=O)c2cccc(Cl)c2)cc1Cl. The zero-order chi connectivity index (χ0) is 15.2. The van der Waals surface area contributed by atoms with Crippen molar-refractivity contribution in [2.75, 3.05) is 13.2 Å². The maximum Gasteiger partial charge on any atom is 0.251 e. The maximum atomic E-state index is 11.9. The van der Waals surface area contributed by atoms with Crippen LogP contribution in [0.4, 0.5) is 0 Å². The number of ether oxygens (including phenoxy) is 1. The minimum Gasteiger partial charge on any atom is -0.492 e. The van der Waals surface area contributed by atoms with Crippen molar-refractivity contribution in [1.29, 1.82) is 0 Å². The maximum absolute atomic E-state index is 11.9. The highest BCUT2D eigenvalue weighted by atomic mass is 35.5. The number of amides is 1. The monoisotopic (exact) mass is 323 g/mol. The number of carbonyl (C=O) groups is 1. The van der Waals surface area contributed by atoms with E-state index in [1.807, 2.05) is 19.1 Å². The zero-order valence-electron chi connectivity index (χ0n) is 11.5. The third-order valence-corrected chi connectivity index (χ3v) is 3.53. The molecule has 0 saturated carbocycles. The fourth-order valence-corrected chi connectivity index (χ4v) is 2.09. The summed E-state index contributed by atoms with van der Waals surface area (Å²) in [5.41, 5.74) is 1.53. The Morgan fingerprint density at radius 1 is 1.19 bits per heavy atom. The van der Waals surface area contributed by atoms with Crippen LogP contribution in [0.3, 0.4) is 0 Å². The summed E-state index contributed by atoms with van der Waals surface area (Å²) in [6.07, 6.45) is 0. The average Bonchev–Trinajstić information content (AvgIpc) is 2.47. The molecule has 2 aromatic rings. The van der Waals surface area contributed by atoms with Crippen molar-refractivity contribution in [3.63, 3.8) is 0 Å². The van der Waals surface area contributed by atoms with Gasteiger partial charge in [-0.15, -0.1) is 0 Å². The van der Waals surface area contributed by atoms with Crippen molar-refractivity contribution in [2.45, 2.75) is 6.92 Å². The van der Waals surface area contributed by atoms with Crippen molar-refractivity contribution in [2.24, 2.45) is 0 Å². The zero-order valence-corrected chi connectivity index (χ0v) is 13.0. The van der Waals surface area contributed by atoms with Crippen molar-refractivity contribution in [3.05, 3.63) is 63.6 Å². The van der Waals surface area contributed by atoms with Crippen molar-refractivity contribution in [3.8, 4) is 5.75 Å². The number of carbonyl (C=O) groups excluding carboxylic acids is 1. The Balaban J connectivity index is 1.79. The van der Waals surface area contributed by atoms with E-state index in [0.29, 0.717) is 34.5 Å². The molecule has 1 N–H and O–H groups in total. The number of aryl methyl sites for hydroxylation is 1. The molecule has 0 aliphatic rings. The van der Waals surface area contributed by atoms with E-state index in [4.69, 9.17) is 27.9 Å². The third kappa shape index (κ3) is 4.66. The first-order valence-corrected chi connectivity index (χ1v) is 7.24. The number of benzene rings is 2. The molecule has 0 spiro atoms. The molecule has 0 aliphatic carbocycles. The first-order valence-electron chi connectivity index (χ1n) is 6.49. The first-order chi connectivity index (χ1) is 10.1. The fourth-order valence-electron chi connectivity index (χ4n) is 1.73. The highest BCUT2D eigenvalue weighted by Gasteiger charge is 2.05. The predicted molar refractivity (Wildman–Crippen MR) is 85.5 cm³/mol. The van der Waals surface area contributed by atoms with Crippen molar-refractivity contribution < 1.29 is 9.53 Å². The highest BCUT2D eigenvalue weighted by Crippen LogP contribution is 2.21. The van der Waals surface area contributed by atoms with Gasteiger partial charge >= 0.3 is 0 Å². The van der Waals surface area contributed by atoms with Crippen LogP contribution in [-0.2, 0) is 0 Å². The van der Waals surface area contributed by atoms with Gasteiger partial charge in [-0.05, 0) is 42.8 Å². The largest absolute Gasteiger partial charge is 0.492 e. The van der Waals surface area contributed by atoms with Gasteiger partial charge in [0.15, 0.2) is 0 Å². The number of nitrogens with one attached hydrogen (secondary N) is 1. The molecule has 0 aromatic heterocycles. The number of hydrogen-bond acceptors (Lipinski definition) is 2. The Hall–Kier alpha value is -1.71. The van der Waals surface area contributed by atoms with Gasteiger partial charge in [-0.3, -0.25) is 4.79 Å². The molecule has 0 heterocycles. The molecule has 0 radical (unpaired) electrons. The summed E-state index contributed by atoms with van der Waals surface area (Å²) in [7, 11) is 0. The van der Waals surface area contributed by atoms with Crippen LogP contribution >= 0.6 is 23.2 Å². The van der Waals surface area contributed by atoms with Gasteiger partial charge in [-0.2, -0.15) is 0 Å². The molecular weight excluding hydrogens is 309 g/mol. The Morgan fingerprint density at radius 2 is 2.00 bits per heavy atom. The van der Waals surface area contributed by atoms with Gasteiger partial charge in [0.25, 0.3) is 5.91 Å². The molecule has 3 nitrogen and oxygen atoms in total. The summed E-state index contributed by atoms with van der Waals surface area (Å²) in [5, 5.41) is 3.96. The van der Waals surface area contributed by atoms with Crippen LogP contribution in [-0.4, -0.2) is 19.1 Å². The van der Waals surface area contributed by atoms with Gasteiger partial charge in [-0.1, -0.05) is 35.3 Å².